The van der Waals surface area contributed by atoms with E-state index in [0.717, 1.165) is 22.9 Å². The van der Waals surface area contributed by atoms with Crippen molar-refractivity contribution in [3.8, 4) is 5.75 Å². The van der Waals surface area contributed by atoms with Crippen LogP contribution >= 0.6 is 11.8 Å². The molecule has 0 aromatic heterocycles. The number of benzene rings is 2. The maximum absolute atomic E-state index is 12.6. The number of nitrogens with zero attached hydrogens (tertiary/aromatic N) is 1. The number of para-hydroxylation sites is 1. The molecule has 0 saturated carbocycles. The van der Waals surface area contributed by atoms with Crippen LogP contribution in [0.1, 0.15) is 23.1 Å². The minimum absolute atomic E-state index is 0.245. The van der Waals surface area contributed by atoms with Crippen molar-refractivity contribution < 1.29 is 19.1 Å². The van der Waals surface area contributed by atoms with Gasteiger partial charge in [-0.25, -0.2) is 0 Å². The van der Waals surface area contributed by atoms with Crippen molar-refractivity contribution in [2.45, 2.75) is 20.0 Å². The fourth-order valence-corrected chi connectivity index (χ4v) is 3.63. The molecule has 2 aromatic rings. The number of rotatable bonds is 8. The van der Waals surface area contributed by atoms with Crippen LogP contribution in [-0.4, -0.2) is 36.3 Å². The largest absolute Gasteiger partial charge is 0.488 e. The molecule has 1 saturated heterocycles. The molecule has 0 unspecified atom stereocenters. The summed E-state index contributed by atoms with van der Waals surface area (Å²) in [6.45, 7) is 3.35. The number of ether oxygens (including phenoxy) is 2. The molecule has 5 nitrogen and oxygen atoms in total. The zero-order valence-corrected chi connectivity index (χ0v) is 16.8. The van der Waals surface area contributed by atoms with E-state index < -0.39 is 0 Å². The lowest BCUT2D eigenvalue weighted by molar-refractivity contribution is -0.122. The van der Waals surface area contributed by atoms with Gasteiger partial charge in [0.25, 0.3) is 11.1 Å². The quantitative estimate of drug-likeness (QED) is 0.479. The van der Waals surface area contributed by atoms with E-state index in [1.807, 2.05) is 55.5 Å². The number of amides is 2. The van der Waals surface area contributed by atoms with Crippen LogP contribution in [0.25, 0.3) is 6.08 Å². The van der Waals surface area contributed by atoms with Gasteiger partial charge in [0.15, 0.2) is 0 Å². The minimum Gasteiger partial charge on any atom is -0.488 e. The molecule has 0 bridgehead atoms. The van der Waals surface area contributed by atoms with Crippen molar-refractivity contribution in [3.63, 3.8) is 0 Å². The number of thioether (sulfide) groups is 1. The lowest BCUT2D eigenvalue weighted by atomic mass is 10.1. The van der Waals surface area contributed by atoms with Gasteiger partial charge in [0, 0.05) is 25.8 Å². The van der Waals surface area contributed by atoms with Crippen LogP contribution < -0.4 is 4.74 Å². The van der Waals surface area contributed by atoms with Crippen molar-refractivity contribution >= 4 is 29.0 Å². The molecule has 0 N–H and O–H groups in total. The summed E-state index contributed by atoms with van der Waals surface area (Å²) < 4.78 is 11.0. The molecule has 1 heterocycles. The van der Waals surface area contributed by atoms with Crippen molar-refractivity contribution in [2.75, 3.05) is 20.3 Å². The Balaban J connectivity index is 1.72. The third-order valence-corrected chi connectivity index (χ3v) is 5.23. The van der Waals surface area contributed by atoms with Gasteiger partial charge in [0.1, 0.15) is 12.4 Å². The van der Waals surface area contributed by atoms with Gasteiger partial charge in [0.2, 0.25) is 0 Å². The van der Waals surface area contributed by atoms with E-state index in [1.165, 1.54) is 10.5 Å². The molecule has 0 spiro atoms. The van der Waals surface area contributed by atoms with Gasteiger partial charge in [0.05, 0.1) is 4.91 Å². The highest BCUT2D eigenvalue weighted by Gasteiger charge is 2.34. The molecule has 0 aliphatic carbocycles. The van der Waals surface area contributed by atoms with Crippen molar-refractivity contribution in [1.29, 1.82) is 0 Å². The summed E-state index contributed by atoms with van der Waals surface area (Å²) in [5, 5.41) is -0.245. The summed E-state index contributed by atoms with van der Waals surface area (Å²) in [4.78, 5) is 26.4. The van der Waals surface area contributed by atoms with Crippen LogP contribution in [0, 0.1) is 6.92 Å². The highest BCUT2D eigenvalue weighted by Crippen LogP contribution is 2.34. The zero-order valence-electron chi connectivity index (χ0n) is 16.0. The molecule has 1 aliphatic rings. The number of hydrogen-bond acceptors (Lipinski definition) is 5. The van der Waals surface area contributed by atoms with Gasteiger partial charge >= 0.3 is 0 Å². The van der Waals surface area contributed by atoms with Crippen LogP contribution in [0.5, 0.6) is 5.75 Å². The van der Waals surface area contributed by atoms with Gasteiger partial charge in [-0.3, -0.25) is 14.5 Å². The number of carbonyl (C=O) groups is 2. The maximum Gasteiger partial charge on any atom is 0.293 e. The van der Waals surface area contributed by atoms with Gasteiger partial charge < -0.3 is 9.47 Å². The van der Waals surface area contributed by atoms with Crippen LogP contribution in [0.4, 0.5) is 4.79 Å². The van der Waals surface area contributed by atoms with Gasteiger partial charge in [-0.15, -0.1) is 0 Å². The lowest BCUT2D eigenvalue weighted by Crippen LogP contribution is -2.29. The molecule has 1 fully saturated rings. The molecule has 1 aliphatic heterocycles. The van der Waals surface area contributed by atoms with Crippen LogP contribution in [0.3, 0.4) is 0 Å². The number of aryl methyl sites for hydroxylation is 1. The monoisotopic (exact) mass is 397 g/mol. The van der Waals surface area contributed by atoms with E-state index in [-0.39, 0.29) is 11.1 Å². The average Bonchev–Trinajstić information content (AvgIpc) is 2.96. The normalized spacial score (nSPS) is 15.5. The average molecular weight is 397 g/mol. The fraction of sp³-hybridized carbons (Fsp3) is 0.273. The standard InChI is InChI=1S/C22H23NO4S/c1-16-8-10-17(11-9-16)15-27-19-7-4-3-6-18(19)14-20-21(24)23(22(25)28-20)12-5-13-26-2/h3-4,6-11,14H,5,12-13,15H2,1-2H3/b20-14+. The van der Waals surface area contributed by atoms with E-state index in [2.05, 4.69) is 0 Å². The molecular weight excluding hydrogens is 374 g/mol. The van der Waals surface area contributed by atoms with Crippen LogP contribution in [0.2, 0.25) is 0 Å². The van der Waals surface area contributed by atoms with E-state index in [4.69, 9.17) is 9.47 Å². The van der Waals surface area contributed by atoms with Crippen molar-refractivity contribution in [1.82, 2.24) is 4.90 Å². The van der Waals surface area contributed by atoms with Crippen molar-refractivity contribution in [2.24, 2.45) is 0 Å². The number of carbonyl (C=O) groups excluding carboxylic acids is 2. The van der Waals surface area contributed by atoms with Crippen molar-refractivity contribution in [3.05, 3.63) is 70.1 Å². The van der Waals surface area contributed by atoms with E-state index in [9.17, 15) is 9.59 Å². The molecule has 2 aromatic carbocycles. The first-order chi connectivity index (χ1) is 13.6. The molecule has 28 heavy (non-hydrogen) atoms. The van der Waals surface area contributed by atoms with Gasteiger partial charge in [-0.05, 0) is 42.8 Å². The Bertz CT molecular complexity index is 876. The SMILES string of the molecule is COCCCN1C(=O)S/C(=C/c2ccccc2OCc2ccc(C)cc2)C1=O. The Morgan fingerprint density at radius 2 is 1.82 bits per heavy atom. The van der Waals surface area contributed by atoms with Gasteiger partial charge in [-0.2, -0.15) is 0 Å². The Morgan fingerprint density at radius 3 is 2.57 bits per heavy atom. The summed E-state index contributed by atoms with van der Waals surface area (Å²) in [6.07, 6.45) is 2.35. The molecule has 0 radical (unpaired) electrons. The first-order valence-corrected chi connectivity index (χ1v) is 9.92. The second-order valence-electron chi connectivity index (χ2n) is 6.49. The highest BCUT2D eigenvalue weighted by molar-refractivity contribution is 8.18. The number of hydrogen-bond donors (Lipinski definition) is 0. The number of methoxy groups -OCH3 is 1. The maximum atomic E-state index is 12.6. The molecule has 3 rings (SSSR count). The Morgan fingerprint density at radius 1 is 1.07 bits per heavy atom. The second-order valence-corrected chi connectivity index (χ2v) is 7.48. The topological polar surface area (TPSA) is 55.8 Å². The number of imide groups is 1. The third-order valence-electron chi connectivity index (χ3n) is 4.32. The summed E-state index contributed by atoms with van der Waals surface area (Å²) in [5.41, 5.74) is 3.04. The Hall–Kier alpha value is -2.57. The molecule has 2 amide bonds. The summed E-state index contributed by atoms with van der Waals surface area (Å²) >= 11 is 0.962. The van der Waals surface area contributed by atoms with Crippen LogP contribution in [-0.2, 0) is 16.1 Å². The molecule has 146 valence electrons. The summed E-state index contributed by atoms with van der Waals surface area (Å²) in [7, 11) is 1.60. The second kappa shape index (κ2) is 9.57. The van der Waals surface area contributed by atoms with E-state index in [0.29, 0.717) is 36.8 Å². The smallest absolute Gasteiger partial charge is 0.293 e. The highest BCUT2D eigenvalue weighted by atomic mass is 32.2. The van der Waals surface area contributed by atoms with Crippen LogP contribution in [0.15, 0.2) is 53.4 Å². The Labute approximate surface area is 169 Å². The first-order valence-electron chi connectivity index (χ1n) is 9.10. The molecule has 0 atom stereocenters. The molecular formula is C22H23NO4S. The van der Waals surface area contributed by atoms with Gasteiger partial charge in [-0.1, -0.05) is 48.0 Å². The zero-order chi connectivity index (χ0) is 19.9. The predicted octanol–water partition coefficient (Wildman–Crippen LogP) is 4.65. The van der Waals surface area contributed by atoms with E-state index in [1.54, 1.807) is 13.2 Å². The third kappa shape index (κ3) is 5.03. The molecule has 6 heteroatoms. The Kier molecular flexibility index (Phi) is 6.90. The first kappa shape index (κ1) is 20.2. The minimum atomic E-state index is -0.264. The predicted molar refractivity (Wildman–Crippen MR) is 111 cm³/mol. The van der Waals surface area contributed by atoms with E-state index >= 15 is 0 Å². The fourth-order valence-electron chi connectivity index (χ4n) is 2.78. The summed E-state index contributed by atoms with van der Waals surface area (Å²) in [6, 6.07) is 15.7. The summed E-state index contributed by atoms with van der Waals surface area (Å²) in [5.74, 6) is 0.411. The lowest BCUT2D eigenvalue weighted by Gasteiger charge is -2.12.